The molecule has 0 spiro atoms. The highest BCUT2D eigenvalue weighted by Gasteiger charge is 2.16. The fourth-order valence-electron chi connectivity index (χ4n) is 2.51. The van der Waals surface area contributed by atoms with E-state index in [9.17, 15) is 0 Å². The maximum atomic E-state index is 4.75. The lowest BCUT2D eigenvalue weighted by Gasteiger charge is -2.18. The van der Waals surface area contributed by atoms with Crippen LogP contribution in [-0.4, -0.2) is 33.0 Å². The maximum Gasteiger partial charge on any atom is 0.152 e. The van der Waals surface area contributed by atoms with Gasteiger partial charge in [-0.05, 0) is 19.2 Å². The summed E-state index contributed by atoms with van der Waals surface area (Å²) in [5, 5.41) is 3.22. The molecule has 1 N–H and O–H groups in total. The molecule has 0 aliphatic heterocycles. The maximum absolute atomic E-state index is 4.75. The summed E-state index contributed by atoms with van der Waals surface area (Å²) >= 11 is 0. The number of aryl methyl sites for hydroxylation is 1. The van der Waals surface area contributed by atoms with Crippen molar-refractivity contribution in [1.82, 2.24) is 24.3 Å². The Bertz CT molecular complexity index is 742. The number of imidazole rings is 2. The zero-order valence-electron chi connectivity index (χ0n) is 12.6. The van der Waals surface area contributed by atoms with Crippen LogP contribution in [0.25, 0.3) is 5.65 Å². The quantitative estimate of drug-likeness (QED) is 0.770. The third-order valence-electron chi connectivity index (χ3n) is 3.61. The summed E-state index contributed by atoms with van der Waals surface area (Å²) in [7, 11) is 6.01. The first-order valence-electron chi connectivity index (χ1n) is 6.98. The number of aromatic nitrogens is 4. The van der Waals surface area contributed by atoms with E-state index in [1.54, 1.807) is 0 Å². The lowest BCUT2D eigenvalue weighted by molar-refractivity contribution is 0.739. The van der Waals surface area contributed by atoms with Crippen LogP contribution in [0.2, 0.25) is 0 Å². The first-order chi connectivity index (χ1) is 10.2. The largest absolute Gasteiger partial charge is 0.351 e. The molecule has 0 radical (unpaired) electrons. The number of anilines is 1. The van der Waals surface area contributed by atoms with Crippen LogP contribution in [0.4, 0.5) is 5.82 Å². The van der Waals surface area contributed by atoms with E-state index in [1.165, 1.54) is 0 Å². The van der Waals surface area contributed by atoms with Gasteiger partial charge in [-0.15, -0.1) is 0 Å². The van der Waals surface area contributed by atoms with E-state index >= 15 is 0 Å². The topological polar surface area (TPSA) is 50.4 Å². The van der Waals surface area contributed by atoms with Crippen LogP contribution in [0.1, 0.15) is 11.5 Å². The molecule has 6 nitrogen and oxygen atoms in total. The first kappa shape index (κ1) is 13.6. The molecule has 0 atom stereocenters. The molecule has 0 saturated carbocycles. The summed E-state index contributed by atoms with van der Waals surface area (Å²) in [5.41, 5.74) is 2.12. The molecule has 110 valence electrons. The second kappa shape index (κ2) is 5.57. The van der Waals surface area contributed by atoms with Gasteiger partial charge in [0.05, 0.1) is 12.2 Å². The summed E-state index contributed by atoms with van der Waals surface area (Å²) in [6, 6.07) is 6.06. The Morgan fingerprint density at radius 2 is 2.14 bits per heavy atom. The van der Waals surface area contributed by atoms with Crippen LogP contribution in [-0.2, 0) is 20.1 Å². The minimum absolute atomic E-state index is 0.726. The minimum atomic E-state index is 0.726. The molecule has 0 aliphatic carbocycles. The van der Waals surface area contributed by atoms with Crippen molar-refractivity contribution in [3.63, 3.8) is 0 Å². The Labute approximate surface area is 124 Å². The standard InChI is InChI=1S/C15H20N6/c1-16-10-12-15(18-13-6-4-5-8-21(12)13)20(3)11-14-17-7-9-19(14)2/h4-9,16H,10-11H2,1-3H3. The zero-order chi connectivity index (χ0) is 14.8. The molecule has 0 aliphatic rings. The van der Waals surface area contributed by atoms with Crippen LogP contribution < -0.4 is 10.2 Å². The van der Waals surface area contributed by atoms with Crippen molar-refractivity contribution in [2.45, 2.75) is 13.1 Å². The van der Waals surface area contributed by atoms with Crippen LogP contribution >= 0.6 is 0 Å². The molecule has 0 fully saturated rings. The third kappa shape index (κ3) is 2.50. The van der Waals surface area contributed by atoms with Crippen molar-refractivity contribution in [1.29, 1.82) is 0 Å². The number of hydrogen-bond acceptors (Lipinski definition) is 4. The second-order valence-electron chi connectivity index (χ2n) is 5.15. The number of nitrogens with zero attached hydrogens (tertiary/aromatic N) is 5. The molecule has 3 aromatic rings. The van der Waals surface area contributed by atoms with Gasteiger partial charge < -0.3 is 19.2 Å². The Kier molecular flexibility index (Phi) is 3.62. The summed E-state index contributed by atoms with van der Waals surface area (Å²) in [4.78, 5) is 11.3. The number of nitrogens with one attached hydrogen (secondary N) is 1. The van der Waals surface area contributed by atoms with Crippen LogP contribution in [0.15, 0.2) is 36.8 Å². The fourth-order valence-corrected chi connectivity index (χ4v) is 2.51. The smallest absolute Gasteiger partial charge is 0.152 e. The summed E-state index contributed by atoms with van der Waals surface area (Å²) < 4.78 is 4.16. The summed E-state index contributed by atoms with van der Waals surface area (Å²) in [6.07, 6.45) is 5.83. The van der Waals surface area contributed by atoms with Crippen molar-refractivity contribution >= 4 is 11.5 Å². The zero-order valence-corrected chi connectivity index (χ0v) is 12.6. The molecule has 6 heteroatoms. The van der Waals surface area contributed by atoms with Crippen molar-refractivity contribution in [2.75, 3.05) is 19.0 Å². The van der Waals surface area contributed by atoms with Crippen molar-refractivity contribution < 1.29 is 0 Å². The van der Waals surface area contributed by atoms with E-state index in [-0.39, 0.29) is 0 Å². The molecule has 0 bridgehead atoms. The van der Waals surface area contributed by atoms with Crippen LogP contribution in [0, 0.1) is 0 Å². The molecule has 0 aromatic carbocycles. The number of fused-ring (bicyclic) bond motifs is 1. The highest BCUT2D eigenvalue weighted by Crippen LogP contribution is 2.22. The average molecular weight is 284 g/mol. The van der Waals surface area contributed by atoms with Crippen molar-refractivity contribution in [2.24, 2.45) is 7.05 Å². The van der Waals surface area contributed by atoms with Gasteiger partial charge in [0.2, 0.25) is 0 Å². The SMILES string of the molecule is CNCc1c(N(C)Cc2nccn2C)nc2ccccn12. The Morgan fingerprint density at radius 3 is 2.86 bits per heavy atom. The molecule has 3 heterocycles. The van der Waals surface area contributed by atoms with E-state index in [2.05, 4.69) is 26.6 Å². The Balaban J connectivity index is 1.98. The average Bonchev–Trinajstić information content (AvgIpc) is 3.04. The highest BCUT2D eigenvalue weighted by molar-refractivity contribution is 5.55. The molecular formula is C15H20N6. The van der Waals surface area contributed by atoms with E-state index in [4.69, 9.17) is 4.98 Å². The normalized spacial score (nSPS) is 11.2. The van der Waals surface area contributed by atoms with Gasteiger partial charge in [0.15, 0.2) is 5.82 Å². The molecule has 21 heavy (non-hydrogen) atoms. The van der Waals surface area contributed by atoms with Gasteiger partial charge in [-0.25, -0.2) is 9.97 Å². The van der Waals surface area contributed by atoms with E-state index in [0.29, 0.717) is 0 Å². The van der Waals surface area contributed by atoms with E-state index in [1.807, 2.05) is 55.5 Å². The lowest BCUT2D eigenvalue weighted by Crippen LogP contribution is -2.22. The predicted octanol–water partition coefficient (Wildman–Crippen LogP) is 1.42. The first-order valence-corrected chi connectivity index (χ1v) is 6.98. The summed E-state index contributed by atoms with van der Waals surface area (Å²) in [5.74, 6) is 2.00. The fraction of sp³-hybridized carbons (Fsp3) is 0.333. The van der Waals surface area contributed by atoms with E-state index < -0.39 is 0 Å². The van der Waals surface area contributed by atoms with Crippen molar-refractivity contribution in [3.05, 3.63) is 48.3 Å². The van der Waals surface area contributed by atoms with Gasteiger partial charge in [0.1, 0.15) is 11.5 Å². The van der Waals surface area contributed by atoms with Gasteiger partial charge in [-0.2, -0.15) is 0 Å². The molecule has 3 rings (SSSR count). The molecule has 0 amide bonds. The predicted molar refractivity (Wildman–Crippen MR) is 83.3 cm³/mol. The monoisotopic (exact) mass is 284 g/mol. The van der Waals surface area contributed by atoms with Gasteiger partial charge >= 0.3 is 0 Å². The summed E-state index contributed by atoms with van der Waals surface area (Å²) in [6.45, 7) is 1.50. The second-order valence-corrected chi connectivity index (χ2v) is 5.15. The highest BCUT2D eigenvalue weighted by atomic mass is 15.2. The van der Waals surface area contributed by atoms with Gasteiger partial charge in [-0.3, -0.25) is 0 Å². The van der Waals surface area contributed by atoms with Gasteiger partial charge in [0.25, 0.3) is 0 Å². The minimum Gasteiger partial charge on any atom is -0.351 e. The van der Waals surface area contributed by atoms with Crippen LogP contribution in [0.5, 0.6) is 0 Å². The molecular weight excluding hydrogens is 264 g/mol. The number of hydrogen-bond donors (Lipinski definition) is 1. The van der Waals surface area contributed by atoms with Gasteiger partial charge in [-0.1, -0.05) is 6.07 Å². The molecule has 0 saturated heterocycles. The van der Waals surface area contributed by atoms with Gasteiger partial charge in [0, 0.05) is 39.2 Å². The number of rotatable bonds is 5. The van der Waals surface area contributed by atoms with Crippen LogP contribution in [0.3, 0.4) is 0 Å². The Hall–Kier alpha value is -2.34. The third-order valence-corrected chi connectivity index (χ3v) is 3.61. The molecule has 3 aromatic heterocycles. The van der Waals surface area contributed by atoms with Crippen molar-refractivity contribution in [3.8, 4) is 0 Å². The molecule has 0 unspecified atom stereocenters. The Morgan fingerprint density at radius 1 is 1.29 bits per heavy atom. The van der Waals surface area contributed by atoms with E-state index in [0.717, 1.165) is 36.1 Å². The lowest BCUT2D eigenvalue weighted by atomic mass is 10.3. The number of pyridine rings is 1.